The number of rotatable bonds is 5. The molecular formula is C33H38F2N6O2. The molecule has 43 heavy (non-hydrogen) atoms. The van der Waals surface area contributed by atoms with E-state index >= 15 is 4.39 Å². The predicted octanol–water partition coefficient (Wildman–Crippen LogP) is 4.47. The number of ether oxygens (including phenoxy) is 1. The maximum atomic E-state index is 15.3. The zero-order chi connectivity index (χ0) is 28.9. The Balaban J connectivity index is 1.12. The van der Waals surface area contributed by atoms with Gasteiger partial charge in [-0.1, -0.05) is 12.1 Å². The Labute approximate surface area is 250 Å². The van der Waals surface area contributed by atoms with E-state index in [1.807, 2.05) is 6.07 Å². The fraction of sp³-hybridized carbons (Fsp3) is 0.576. The summed E-state index contributed by atoms with van der Waals surface area (Å²) in [5, 5.41) is 15.6. The molecule has 5 fully saturated rings. The molecule has 0 amide bonds. The fourth-order valence-corrected chi connectivity index (χ4v) is 8.98. The first-order valence-electron chi connectivity index (χ1n) is 16.0. The smallest absolute Gasteiger partial charge is 0.318 e. The summed E-state index contributed by atoms with van der Waals surface area (Å²) in [4.78, 5) is 17.1. The van der Waals surface area contributed by atoms with Gasteiger partial charge in [0, 0.05) is 67.1 Å². The van der Waals surface area contributed by atoms with Gasteiger partial charge in [0.2, 0.25) is 0 Å². The molecule has 4 atom stereocenters. The zero-order valence-electron chi connectivity index (χ0n) is 24.4. The predicted molar refractivity (Wildman–Crippen MR) is 160 cm³/mol. The van der Waals surface area contributed by atoms with E-state index in [9.17, 15) is 9.50 Å². The van der Waals surface area contributed by atoms with Crippen LogP contribution in [-0.4, -0.2) is 82.1 Å². The van der Waals surface area contributed by atoms with E-state index in [-0.39, 0.29) is 22.6 Å². The van der Waals surface area contributed by atoms with Crippen LogP contribution in [0.15, 0.2) is 30.3 Å². The van der Waals surface area contributed by atoms with Crippen LogP contribution in [0, 0.1) is 5.82 Å². The van der Waals surface area contributed by atoms with Crippen molar-refractivity contribution in [2.75, 3.05) is 42.6 Å². The molecule has 8 nitrogen and oxygen atoms in total. The summed E-state index contributed by atoms with van der Waals surface area (Å²) in [5.74, 6) is 0.800. The number of piperazine rings is 1. The Morgan fingerprint density at radius 3 is 2.72 bits per heavy atom. The summed E-state index contributed by atoms with van der Waals surface area (Å²) < 4.78 is 36.3. The van der Waals surface area contributed by atoms with Gasteiger partial charge < -0.3 is 25.0 Å². The van der Waals surface area contributed by atoms with Gasteiger partial charge in [-0.15, -0.1) is 0 Å². The van der Waals surface area contributed by atoms with Gasteiger partial charge in [-0.05, 0) is 62.6 Å². The van der Waals surface area contributed by atoms with Crippen LogP contribution in [0.4, 0.5) is 20.3 Å². The molecule has 6 heterocycles. The van der Waals surface area contributed by atoms with Crippen LogP contribution >= 0.6 is 0 Å². The minimum absolute atomic E-state index is 0.126. The molecule has 4 saturated heterocycles. The Kier molecular flexibility index (Phi) is 5.71. The standard InChI is InChI=1S/C33H38F2N6O2/c34-21-13-33(7-2-10-40(33)15-21)19-43-31-37-27-18-41(28-12-24(42)11-20-3-1-4-26(35)29(20)28)32(8-9-32)14-25(27)30(38-31)39-16-22-5-6-23(17-39)36-22/h1,3-4,11-12,21-23,36,42H,2,5-10,13-19H2/t21-,22-,23+,33+/m1/s1. The van der Waals surface area contributed by atoms with E-state index in [0.29, 0.717) is 60.7 Å². The number of aromatic hydroxyl groups is 1. The van der Waals surface area contributed by atoms with Gasteiger partial charge in [-0.3, -0.25) is 4.90 Å². The summed E-state index contributed by atoms with van der Waals surface area (Å²) in [6, 6.07) is 9.60. The van der Waals surface area contributed by atoms with Crippen LogP contribution in [0.1, 0.15) is 56.2 Å². The number of phenols is 1. The van der Waals surface area contributed by atoms with Crippen molar-refractivity contribution in [3.63, 3.8) is 0 Å². The molecule has 10 heteroatoms. The molecule has 3 aromatic rings. The monoisotopic (exact) mass is 588 g/mol. The Bertz CT molecular complexity index is 1600. The summed E-state index contributed by atoms with van der Waals surface area (Å²) in [7, 11) is 0. The highest BCUT2D eigenvalue weighted by Crippen LogP contribution is 2.53. The number of halogens is 2. The third-order valence-corrected chi connectivity index (χ3v) is 11.2. The average molecular weight is 589 g/mol. The lowest BCUT2D eigenvalue weighted by Crippen LogP contribution is -2.52. The van der Waals surface area contributed by atoms with Crippen LogP contribution in [-0.2, 0) is 13.0 Å². The van der Waals surface area contributed by atoms with Crippen molar-refractivity contribution in [3.05, 3.63) is 47.4 Å². The van der Waals surface area contributed by atoms with Crippen molar-refractivity contribution in [1.82, 2.24) is 20.2 Å². The molecule has 1 spiro atoms. The molecule has 5 aliphatic heterocycles. The molecule has 0 unspecified atom stereocenters. The first kappa shape index (κ1) is 26.2. The van der Waals surface area contributed by atoms with Gasteiger partial charge in [0.05, 0.1) is 23.5 Å². The number of hydrogen-bond donors (Lipinski definition) is 2. The highest BCUT2D eigenvalue weighted by molar-refractivity contribution is 5.96. The minimum Gasteiger partial charge on any atom is -0.508 e. The van der Waals surface area contributed by atoms with Gasteiger partial charge in [0.25, 0.3) is 0 Å². The minimum atomic E-state index is -0.818. The number of phenolic OH excluding ortho intramolecular Hbond substituents is 1. The second kappa shape index (κ2) is 9.38. The number of alkyl halides is 1. The van der Waals surface area contributed by atoms with E-state index < -0.39 is 6.17 Å². The molecule has 9 rings (SSSR count). The maximum absolute atomic E-state index is 15.3. The maximum Gasteiger partial charge on any atom is 0.318 e. The van der Waals surface area contributed by atoms with Gasteiger partial charge in [-0.25, -0.2) is 8.78 Å². The van der Waals surface area contributed by atoms with Crippen LogP contribution < -0.4 is 19.9 Å². The van der Waals surface area contributed by atoms with Gasteiger partial charge >= 0.3 is 6.01 Å². The summed E-state index contributed by atoms with van der Waals surface area (Å²) in [5.41, 5.74) is 2.33. The molecule has 1 saturated carbocycles. The van der Waals surface area contributed by atoms with E-state index in [0.717, 1.165) is 68.8 Å². The SMILES string of the molecule is Oc1cc(N2Cc3nc(OC[C@@]45CCCN4C[C@H](F)C5)nc(N4C[C@H]5CC[C@@H](C4)N5)c3CC23CC3)c2c(F)cccc2c1. The molecule has 6 aliphatic rings. The van der Waals surface area contributed by atoms with E-state index in [1.165, 1.54) is 18.9 Å². The summed E-state index contributed by atoms with van der Waals surface area (Å²) in [6.45, 7) is 4.06. The van der Waals surface area contributed by atoms with Gasteiger partial charge in [0.1, 0.15) is 30.2 Å². The molecule has 226 valence electrons. The number of nitrogens with zero attached hydrogens (tertiary/aromatic N) is 5. The second-order valence-electron chi connectivity index (χ2n) is 14.0. The topological polar surface area (TPSA) is 77.0 Å². The fourth-order valence-electron chi connectivity index (χ4n) is 8.98. The average Bonchev–Trinajstić information content (AvgIpc) is 3.35. The number of benzene rings is 2. The summed E-state index contributed by atoms with van der Waals surface area (Å²) >= 11 is 0. The highest BCUT2D eigenvalue weighted by Gasteiger charge is 2.53. The Morgan fingerprint density at radius 1 is 1.07 bits per heavy atom. The molecule has 2 bridgehead atoms. The number of aromatic nitrogens is 2. The van der Waals surface area contributed by atoms with Crippen molar-refractivity contribution in [2.45, 2.75) is 87.2 Å². The van der Waals surface area contributed by atoms with Gasteiger partial charge in [0.15, 0.2) is 0 Å². The van der Waals surface area contributed by atoms with Crippen molar-refractivity contribution < 1.29 is 18.6 Å². The lowest BCUT2D eigenvalue weighted by atomic mass is 9.93. The number of fused-ring (bicyclic) bond motifs is 5. The van der Waals surface area contributed by atoms with E-state index in [4.69, 9.17) is 14.7 Å². The molecule has 1 aliphatic carbocycles. The number of anilines is 2. The lowest BCUT2D eigenvalue weighted by molar-refractivity contribution is 0.107. The molecule has 2 aromatic carbocycles. The Hall–Kier alpha value is -3.24. The zero-order valence-corrected chi connectivity index (χ0v) is 24.4. The van der Waals surface area contributed by atoms with Gasteiger partial charge in [-0.2, -0.15) is 9.97 Å². The molecule has 0 radical (unpaired) electrons. The van der Waals surface area contributed by atoms with Crippen LogP contribution in [0.3, 0.4) is 0 Å². The third-order valence-electron chi connectivity index (χ3n) is 11.2. The first-order valence-corrected chi connectivity index (χ1v) is 16.0. The Morgan fingerprint density at radius 2 is 1.91 bits per heavy atom. The molecule has 2 N–H and O–H groups in total. The van der Waals surface area contributed by atoms with Crippen LogP contribution in [0.2, 0.25) is 0 Å². The highest BCUT2D eigenvalue weighted by atomic mass is 19.1. The van der Waals surface area contributed by atoms with Crippen LogP contribution in [0.25, 0.3) is 10.8 Å². The second-order valence-corrected chi connectivity index (χ2v) is 14.0. The van der Waals surface area contributed by atoms with Crippen LogP contribution in [0.5, 0.6) is 11.8 Å². The third kappa shape index (κ3) is 4.19. The lowest BCUT2D eigenvalue weighted by Gasteiger charge is -2.42. The number of hydrogen-bond acceptors (Lipinski definition) is 8. The van der Waals surface area contributed by atoms with Crippen molar-refractivity contribution in [1.29, 1.82) is 0 Å². The number of nitrogens with one attached hydrogen (secondary N) is 1. The summed E-state index contributed by atoms with van der Waals surface area (Å²) in [6.07, 6.45) is 6.77. The quantitative estimate of drug-likeness (QED) is 0.453. The van der Waals surface area contributed by atoms with Crippen molar-refractivity contribution >= 4 is 22.3 Å². The van der Waals surface area contributed by atoms with E-state index in [1.54, 1.807) is 18.2 Å². The largest absolute Gasteiger partial charge is 0.508 e. The molecule has 1 aromatic heterocycles. The normalized spacial score (nSPS) is 30.7. The van der Waals surface area contributed by atoms with Crippen molar-refractivity contribution in [3.8, 4) is 11.8 Å². The first-order chi connectivity index (χ1) is 20.9. The molecular weight excluding hydrogens is 550 g/mol. The van der Waals surface area contributed by atoms with E-state index in [2.05, 4.69) is 20.0 Å². The van der Waals surface area contributed by atoms with Crippen molar-refractivity contribution in [2.24, 2.45) is 0 Å².